The van der Waals surface area contributed by atoms with Crippen LogP contribution < -0.4 is 10.6 Å². The molecule has 1 unspecified atom stereocenters. The molecule has 224 valence electrons. The topological polar surface area (TPSA) is 105 Å². The van der Waals surface area contributed by atoms with Crippen LogP contribution in [0.1, 0.15) is 47.8 Å². The van der Waals surface area contributed by atoms with Crippen molar-refractivity contribution in [3.63, 3.8) is 0 Å². The Morgan fingerprint density at radius 1 is 0.909 bits per heavy atom. The molecule has 2 amide bonds. The van der Waals surface area contributed by atoms with E-state index >= 15 is 0 Å². The summed E-state index contributed by atoms with van der Waals surface area (Å²) in [4.78, 5) is 36.8. The quantitative estimate of drug-likeness (QED) is 0.190. The molecule has 0 saturated carbocycles. The Labute approximate surface area is 260 Å². The lowest BCUT2D eigenvalue weighted by Gasteiger charge is -2.19. The van der Waals surface area contributed by atoms with Crippen molar-refractivity contribution >= 4 is 35.3 Å². The first-order chi connectivity index (χ1) is 20.9. The molecule has 4 aromatic rings. The molecule has 0 spiro atoms. The van der Waals surface area contributed by atoms with Crippen molar-refractivity contribution in [3.8, 4) is 23.0 Å². The van der Waals surface area contributed by atoms with E-state index in [9.17, 15) is 23.9 Å². The van der Waals surface area contributed by atoms with Crippen molar-refractivity contribution in [2.45, 2.75) is 38.8 Å². The number of ether oxygens (including phenoxy) is 1. The minimum atomic E-state index is -1.29. The summed E-state index contributed by atoms with van der Waals surface area (Å²) in [6.45, 7) is 5.30. The molecule has 0 bridgehead atoms. The molecule has 4 aromatic carbocycles. The van der Waals surface area contributed by atoms with E-state index in [1.807, 2.05) is 18.2 Å². The Morgan fingerprint density at radius 3 is 2.25 bits per heavy atom. The highest BCUT2D eigenvalue weighted by atomic mass is 35.5. The Kier molecular flexibility index (Phi) is 10.0. The molecule has 9 heteroatoms. The molecule has 7 nitrogen and oxygen atoms in total. The SMILES string of the molecule is CC(C)(C)OC(=O)Nc1ccc(C#Cc2ccc(CC(NC(=O)c3cccc(-c4ccc(Cl)cc4)c3)C(=O)O)cc2F)cc1. The molecular weight excluding hydrogens is 583 g/mol. The van der Waals surface area contributed by atoms with Gasteiger partial charge in [-0.15, -0.1) is 0 Å². The molecule has 0 heterocycles. The van der Waals surface area contributed by atoms with E-state index in [1.54, 1.807) is 81.4 Å². The number of halogens is 2. The number of aliphatic carboxylic acids is 1. The van der Waals surface area contributed by atoms with Gasteiger partial charge in [-0.2, -0.15) is 0 Å². The molecule has 44 heavy (non-hydrogen) atoms. The van der Waals surface area contributed by atoms with Gasteiger partial charge in [-0.1, -0.05) is 53.8 Å². The van der Waals surface area contributed by atoms with Crippen molar-refractivity contribution in [2.75, 3.05) is 5.32 Å². The summed E-state index contributed by atoms with van der Waals surface area (Å²) in [6.07, 6.45) is -0.708. The normalized spacial score (nSPS) is 11.5. The number of carbonyl (C=O) groups is 3. The lowest BCUT2D eigenvalue weighted by molar-refractivity contribution is -0.139. The van der Waals surface area contributed by atoms with Gasteiger partial charge in [0.15, 0.2) is 0 Å². The summed E-state index contributed by atoms with van der Waals surface area (Å²) in [7, 11) is 0. The minimum Gasteiger partial charge on any atom is -0.480 e. The first kappa shape index (κ1) is 31.8. The highest BCUT2D eigenvalue weighted by molar-refractivity contribution is 6.30. The molecule has 0 aliphatic rings. The third-order valence-electron chi connectivity index (χ3n) is 6.25. The lowest BCUT2D eigenvalue weighted by Crippen LogP contribution is -2.42. The van der Waals surface area contributed by atoms with Gasteiger partial charge in [0.25, 0.3) is 5.91 Å². The van der Waals surface area contributed by atoms with Gasteiger partial charge in [0.1, 0.15) is 17.5 Å². The number of carbonyl (C=O) groups excluding carboxylic acids is 2. The van der Waals surface area contributed by atoms with Crippen LogP contribution in [0, 0.1) is 17.7 Å². The average molecular weight is 613 g/mol. The lowest BCUT2D eigenvalue weighted by atomic mass is 10.0. The fraction of sp³-hybridized carbons (Fsp3) is 0.171. The van der Waals surface area contributed by atoms with Crippen molar-refractivity contribution < 1.29 is 28.6 Å². The van der Waals surface area contributed by atoms with Gasteiger partial charge in [0, 0.05) is 28.3 Å². The van der Waals surface area contributed by atoms with E-state index in [1.165, 1.54) is 12.1 Å². The van der Waals surface area contributed by atoms with Gasteiger partial charge in [-0.25, -0.2) is 14.0 Å². The molecule has 0 aliphatic carbocycles. The number of benzene rings is 4. The smallest absolute Gasteiger partial charge is 0.412 e. The number of hydrogen-bond acceptors (Lipinski definition) is 4. The van der Waals surface area contributed by atoms with Crippen molar-refractivity contribution in [2.24, 2.45) is 0 Å². The van der Waals surface area contributed by atoms with Crippen LogP contribution in [0.2, 0.25) is 5.02 Å². The van der Waals surface area contributed by atoms with Crippen LogP contribution in [-0.4, -0.2) is 34.7 Å². The van der Waals surface area contributed by atoms with Gasteiger partial charge in [-0.3, -0.25) is 10.1 Å². The fourth-order valence-electron chi connectivity index (χ4n) is 4.14. The second-order valence-electron chi connectivity index (χ2n) is 10.9. The van der Waals surface area contributed by atoms with Gasteiger partial charge in [-0.05, 0) is 98.1 Å². The highest BCUT2D eigenvalue weighted by Gasteiger charge is 2.22. The van der Waals surface area contributed by atoms with E-state index < -0.39 is 35.4 Å². The molecule has 1 atom stereocenters. The molecule has 0 aliphatic heterocycles. The first-order valence-corrected chi connectivity index (χ1v) is 14.0. The van der Waals surface area contributed by atoms with E-state index in [4.69, 9.17) is 16.3 Å². The second-order valence-corrected chi connectivity index (χ2v) is 11.4. The zero-order valence-corrected chi connectivity index (χ0v) is 25.0. The van der Waals surface area contributed by atoms with Gasteiger partial charge < -0.3 is 15.2 Å². The maximum Gasteiger partial charge on any atom is 0.412 e. The largest absolute Gasteiger partial charge is 0.480 e. The van der Waals surface area contributed by atoms with Crippen LogP contribution in [0.25, 0.3) is 11.1 Å². The summed E-state index contributed by atoms with van der Waals surface area (Å²) in [5, 5.41) is 15.5. The number of hydrogen-bond donors (Lipinski definition) is 3. The number of amides is 2. The van der Waals surface area contributed by atoms with Crippen LogP contribution in [0.3, 0.4) is 0 Å². The summed E-state index contributed by atoms with van der Waals surface area (Å²) >= 11 is 5.96. The molecule has 3 N–H and O–H groups in total. The molecule has 4 rings (SSSR count). The summed E-state index contributed by atoms with van der Waals surface area (Å²) in [5.41, 5.74) is 2.91. The molecule has 0 aromatic heterocycles. The Morgan fingerprint density at radius 2 is 1.61 bits per heavy atom. The van der Waals surface area contributed by atoms with Crippen molar-refractivity contribution in [3.05, 3.63) is 124 Å². The number of rotatable bonds is 7. The third kappa shape index (κ3) is 9.18. The molecular formula is C35H30ClFN2O5. The molecule has 0 radical (unpaired) electrons. The van der Waals surface area contributed by atoms with Gasteiger partial charge in [0.2, 0.25) is 0 Å². The monoisotopic (exact) mass is 612 g/mol. The number of carboxylic acids is 1. The first-order valence-electron chi connectivity index (χ1n) is 13.7. The third-order valence-corrected chi connectivity index (χ3v) is 6.50. The van der Waals surface area contributed by atoms with Crippen molar-refractivity contribution in [1.29, 1.82) is 0 Å². The van der Waals surface area contributed by atoms with Crippen LogP contribution in [0.4, 0.5) is 14.9 Å². The van der Waals surface area contributed by atoms with E-state index in [0.717, 1.165) is 11.1 Å². The zero-order chi connectivity index (χ0) is 31.9. The standard InChI is InChI=1S/C35H30ClFN2O5/c1-35(2,3)44-34(43)38-29-17-9-22(10-18-29)7-11-25-12-8-23(19-30(25)37)20-31(33(41)42)39-32(40)27-6-4-5-26(21-27)24-13-15-28(36)16-14-24/h4-6,8-10,12-19,21,31H,20H2,1-3H3,(H,38,43)(H,39,40)(H,41,42). The predicted molar refractivity (Wildman–Crippen MR) is 168 cm³/mol. The van der Waals surface area contributed by atoms with E-state index in [2.05, 4.69) is 22.5 Å². The second kappa shape index (κ2) is 13.9. The molecule has 0 fully saturated rings. The summed E-state index contributed by atoms with van der Waals surface area (Å²) in [6, 6.07) is 23.5. The molecule has 0 saturated heterocycles. The Hall–Kier alpha value is -5.13. The van der Waals surface area contributed by atoms with Crippen molar-refractivity contribution in [1.82, 2.24) is 5.32 Å². The minimum absolute atomic E-state index is 0.125. The van der Waals surface area contributed by atoms with Gasteiger partial charge in [0.05, 0.1) is 5.56 Å². The highest BCUT2D eigenvalue weighted by Crippen LogP contribution is 2.23. The summed E-state index contributed by atoms with van der Waals surface area (Å²) < 4.78 is 20.1. The number of nitrogens with one attached hydrogen (secondary N) is 2. The van der Waals surface area contributed by atoms with E-state index in [-0.39, 0.29) is 17.5 Å². The summed E-state index contributed by atoms with van der Waals surface area (Å²) in [5.74, 6) is 3.20. The van der Waals surface area contributed by atoms with Crippen LogP contribution in [0.5, 0.6) is 0 Å². The maximum atomic E-state index is 14.9. The maximum absolute atomic E-state index is 14.9. The fourth-order valence-corrected chi connectivity index (χ4v) is 4.27. The van der Waals surface area contributed by atoms with Crippen LogP contribution >= 0.6 is 11.6 Å². The Bertz CT molecular complexity index is 1740. The number of carboxylic acid groups (broad SMARTS) is 1. The van der Waals surface area contributed by atoms with Crippen LogP contribution in [0.15, 0.2) is 91.0 Å². The zero-order valence-electron chi connectivity index (χ0n) is 24.3. The average Bonchev–Trinajstić information content (AvgIpc) is 2.96. The Balaban J connectivity index is 1.40. The predicted octanol–water partition coefficient (Wildman–Crippen LogP) is 7.32. The van der Waals surface area contributed by atoms with Gasteiger partial charge >= 0.3 is 12.1 Å². The van der Waals surface area contributed by atoms with Crippen LogP contribution in [-0.2, 0) is 16.0 Å². The van der Waals surface area contributed by atoms with E-state index in [0.29, 0.717) is 21.8 Å². The number of anilines is 1.